The number of nitrogens with one attached hydrogen (secondary N) is 3. The van der Waals surface area contributed by atoms with Crippen molar-refractivity contribution in [3.8, 4) is 0 Å². The molecule has 1 atom stereocenters. The van der Waals surface area contributed by atoms with Gasteiger partial charge in [0.2, 0.25) is 0 Å². The summed E-state index contributed by atoms with van der Waals surface area (Å²) in [6.07, 6.45) is 5.43. The van der Waals surface area contributed by atoms with Crippen molar-refractivity contribution in [1.29, 1.82) is 0 Å². The van der Waals surface area contributed by atoms with Crippen molar-refractivity contribution in [2.24, 2.45) is 0 Å². The lowest BCUT2D eigenvalue weighted by Gasteiger charge is -2.25. The van der Waals surface area contributed by atoms with Gasteiger partial charge in [0.05, 0.1) is 6.17 Å². The van der Waals surface area contributed by atoms with Gasteiger partial charge in [-0.15, -0.1) is 0 Å². The second-order valence-electron chi connectivity index (χ2n) is 7.31. The average molecular weight is 514 g/mol. The summed E-state index contributed by atoms with van der Waals surface area (Å²) in [6, 6.07) is 20.2. The predicted octanol–water partition coefficient (Wildman–Crippen LogP) is 4.95. The van der Waals surface area contributed by atoms with E-state index in [0.29, 0.717) is 5.11 Å². The van der Waals surface area contributed by atoms with E-state index in [1.807, 2.05) is 42.6 Å². The smallest absolute Gasteiger partial charge is 0.167 e. The highest BCUT2D eigenvalue weighted by molar-refractivity contribution is 9.10. The van der Waals surface area contributed by atoms with Crippen LogP contribution in [-0.4, -0.2) is 34.3 Å². The van der Waals surface area contributed by atoms with E-state index in [9.17, 15) is 0 Å². The normalized spacial score (nSPS) is 11.4. The summed E-state index contributed by atoms with van der Waals surface area (Å²) in [5.74, 6) is 1.80. The zero-order valence-corrected chi connectivity index (χ0v) is 20.6. The van der Waals surface area contributed by atoms with Gasteiger partial charge in [0, 0.05) is 36.5 Å². The molecule has 0 fully saturated rings. The molecule has 0 amide bonds. The molecule has 3 aromatic rings. The first-order valence-corrected chi connectivity index (χ1v) is 12.0. The van der Waals surface area contributed by atoms with E-state index < -0.39 is 0 Å². The number of thiocarbonyl (C=S) groups is 1. The van der Waals surface area contributed by atoms with E-state index in [0.717, 1.165) is 48.6 Å². The van der Waals surface area contributed by atoms with Gasteiger partial charge in [-0.3, -0.25) is 0 Å². The Morgan fingerprint density at radius 3 is 2.44 bits per heavy atom. The molecule has 0 radical (unpaired) electrons. The summed E-state index contributed by atoms with van der Waals surface area (Å²) in [5, 5.41) is 10.6. The van der Waals surface area contributed by atoms with Gasteiger partial charge < -0.3 is 20.9 Å². The van der Waals surface area contributed by atoms with Gasteiger partial charge in [0.25, 0.3) is 0 Å². The summed E-state index contributed by atoms with van der Waals surface area (Å²) in [6.45, 7) is 4.55. The minimum Gasteiger partial charge on any atom is -0.363 e. The molecule has 6 nitrogen and oxygen atoms in total. The Kier molecular flexibility index (Phi) is 9.71. The van der Waals surface area contributed by atoms with Crippen LogP contribution >= 0.6 is 28.1 Å². The second kappa shape index (κ2) is 13.0. The number of rotatable bonds is 11. The molecule has 0 aliphatic heterocycles. The first-order chi connectivity index (χ1) is 15.6. The maximum atomic E-state index is 5.49. The van der Waals surface area contributed by atoms with Crippen molar-refractivity contribution in [3.63, 3.8) is 0 Å². The van der Waals surface area contributed by atoms with E-state index in [1.165, 1.54) is 5.56 Å². The number of aromatic nitrogens is 2. The maximum Gasteiger partial charge on any atom is 0.167 e. The van der Waals surface area contributed by atoms with Crippen LogP contribution in [0.5, 0.6) is 0 Å². The third kappa shape index (κ3) is 8.09. The van der Waals surface area contributed by atoms with E-state index in [2.05, 4.69) is 77.9 Å². The monoisotopic (exact) mass is 512 g/mol. The van der Waals surface area contributed by atoms with Gasteiger partial charge in [0.1, 0.15) is 11.6 Å². The Labute approximate surface area is 204 Å². The van der Waals surface area contributed by atoms with Crippen LogP contribution < -0.4 is 20.9 Å². The average Bonchev–Trinajstić information content (AvgIpc) is 2.83. The van der Waals surface area contributed by atoms with Gasteiger partial charge in [-0.25, -0.2) is 9.97 Å². The Balaban J connectivity index is 1.47. The van der Waals surface area contributed by atoms with Crippen LogP contribution in [0, 0.1) is 0 Å². The van der Waals surface area contributed by atoms with Crippen LogP contribution in [-0.2, 0) is 6.54 Å². The molecule has 3 N–H and O–H groups in total. The summed E-state index contributed by atoms with van der Waals surface area (Å²) >= 11 is 8.99. The largest absolute Gasteiger partial charge is 0.363 e. The fourth-order valence-electron chi connectivity index (χ4n) is 3.17. The minimum absolute atomic E-state index is 0.0207. The fourth-order valence-corrected chi connectivity index (χ4v) is 3.68. The standard InChI is InChI=1S/C24H29BrN6S/c1-2-21(29-22-8-3-5-14-26-22)30-24(32)28-16-7-17-31(23-9-4-6-15-27-23)18-19-10-12-20(25)13-11-19/h3-6,8-15,21H,2,7,16-18H2,1H3,(H,26,29)(H2,28,30,32). The van der Waals surface area contributed by atoms with E-state index in [4.69, 9.17) is 12.2 Å². The van der Waals surface area contributed by atoms with Crippen LogP contribution in [0.4, 0.5) is 11.6 Å². The third-order valence-electron chi connectivity index (χ3n) is 4.85. The molecule has 32 heavy (non-hydrogen) atoms. The van der Waals surface area contributed by atoms with Gasteiger partial charge in [-0.1, -0.05) is 47.1 Å². The highest BCUT2D eigenvalue weighted by Gasteiger charge is 2.10. The topological polar surface area (TPSA) is 65.1 Å². The molecule has 0 saturated carbocycles. The molecule has 0 bridgehead atoms. The molecule has 3 rings (SSSR count). The second-order valence-corrected chi connectivity index (χ2v) is 8.63. The molecule has 2 aromatic heterocycles. The lowest BCUT2D eigenvalue weighted by molar-refractivity contribution is 0.635. The zero-order chi connectivity index (χ0) is 22.6. The molecule has 0 saturated heterocycles. The molecule has 8 heteroatoms. The van der Waals surface area contributed by atoms with E-state index in [1.54, 1.807) is 6.20 Å². The molecule has 1 aromatic carbocycles. The molecule has 0 aliphatic carbocycles. The predicted molar refractivity (Wildman–Crippen MR) is 140 cm³/mol. The molecule has 168 valence electrons. The lowest BCUT2D eigenvalue weighted by atomic mass is 10.2. The van der Waals surface area contributed by atoms with Crippen molar-refractivity contribution >= 4 is 44.9 Å². The van der Waals surface area contributed by atoms with Crippen LogP contribution in [0.15, 0.2) is 77.5 Å². The van der Waals surface area contributed by atoms with Gasteiger partial charge in [0.15, 0.2) is 5.11 Å². The Morgan fingerprint density at radius 2 is 1.78 bits per heavy atom. The summed E-state index contributed by atoms with van der Waals surface area (Å²) in [4.78, 5) is 11.1. The van der Waals surface area contributed by atoms with Crippen molar-refractivity contribution in [2.75, 3.05) is 23.3 Å². The van der Waals surface area contributed by atoms with E-state index in [-0.39, 0.29) is 6.17 Å². The van der Waals surface area contributed by atoms with Crippen molar-refractivity contribution in [2.45, 2.75) is 32.5 Å². The number of pyridine rings is 2. The number of hydrogen-bond donors (Lipinski definition) is 3. The molecule has 1 unspecified atom stereocenters. The van der Waals surface area contributed by atoms with Gasteiger partial charge >= 0.3 is 0 Å². The highest BCUT2D eigenvalue weighted by Crippen LogP contribution is 2.16. The number of anilines is 2. The van der Waals surface area contributed by atoms with Crippen LogP contribution in [0.1, 0.15) is 25.3 Å². The van der Waals surface area contributed by atoms with Gasteiger partial charge in [-0.2, -0.15) is 0 Å². The first kappa shape index (κ1) is 23.9. The molecule has 0 spiro atoms. The van der Waals surface area contributed by atoms with Crippen molar-refractivity contribution in [1.82, 2.24) is 20.6 Å². The highest BCUT2D eigenvalue weighted by atomic mass is 79.9. The maximum absolute atomic E-state index is 5.49. The summed E-state index contributed by atoms with van der Waals surface area (Å²) in [5.41, 5.74) is 1.25. The molecular weight excluding hydrogens is 484 g/mol. The Morgan fingerprint density at radius 1 is 1.03 bits per heavy atom. The Hall–Kier alpha value is -2.71. The Bertz CT molecular complexity index is 940. The number of benzene rings is 1. The molecular formula is C24H29BrN6S. The van der Waals surface area contributed by atoms with Gasteiger partial charge in [-0.05, 0) is 67.0 Å². The molecule has 2 heterocycles. The fraction of sp³-hybridized carbons (Fsp3) is 0.292. The third-order valence-corrected chi connectivity index (χ3v) is 5.64. The summed E-state index contributed by atoms with van der Waals surface area (Å²) < 4.78 is 1.08. The number of hydrogen-bond acceptors (Lipinski definition) is 5. The van der Waals surface area contributed by atoms with Crippen molar-refractivity contribution < 1.29 is 0 Å². The SMILES string of the molecule is CCC(NC(=S)NCCCN(Cc1ccc(Br)cc1)c1ccccn1)Nc1ccccn1. The van der Waals surface area contributed by atoms with Crippen LogP contribution in [0.25, 0.3) is 0 Å². The minimum atomic E-state index is 0.0207. The van der Waals surface area contributed by atoms with Crippen molar-refractivity contribution in [3.05, 3.63) is 83.1 Å². The quantitative estimate of drug-likeness (QED) is 0.191. The molecule has 0 aliphatic rings. The first-order valence-electron chi connectivity index (χ1n) is 10.8. The number of halogens is 1. The van der Waals surface area contributed by atoms with Crippen LogP contribution in [0.2, 0.25) is 0 Å². The summed E-state index contributed by atoms with van der Waals surface area (Å²) in [7, 11) is 0. The van der Waals surface area contributed by atoms with Crippen LogP contribution in [0.3, 0.4) is 0 Å². The zero-order valence-electron chi connectivity index (χ0n) is 18.2. The lowest BCUT2D eigenvalue weighted by Crippen LogP contribution is -2.46. The van der Waals surface area contributed by atoms with E-state index >= 15 is 0 Å². The number of nitrogens with zero attached hydrogens (tertiary/aromatic N) is 3.